The van der Waals surface area contributed by atoms with Crippen LogP contribution in [0.3, 0.4) is 0 Å². The molecular weight excluding hydrogens is 226 g/mol. The fourth-order valence-electron chi connectivity index (χ4n) is 2.97. The molecule has 0 aliphatic heterocycles. The Morgan fingerprint density at radius 3 is 2.56 bits per heavy atom. The first kappa shape index (κ1) is 13.2. The maximum absolute atomic E-state index is 5.53. The van der Waals surface area contributed by atoms with Crippen LogP contribution in [-0.4, -0.2) is 27.3 Å². The first-order valence-corrected chi connectivity index (χ1v) is 6.69. The van der Waals surface area contributed by atoms with Gasteiger partial charge in [0.15, 0.2) is 0 Å². The summed E-state index contributed by atoms with van der Waals surface area (Å²) in [5.74, 6) is 2.35. The Morgan fingerprint density at radius 1 is 1.11 bits per heavy atom. The summed E-state index contributed by atoms with van der Waals surface area (Å²) in [7, 11) is 5.47. The lowest BCUT2D eigenvalue weighted by atomic mass is 9.79. The van der Waals surface area contributed by atoms with Crippen LogP contribution in [-0.2, 0) is 0 Å². The van der Waals surface area contributed by atoms with E-state index in [0.29, 0.717) is 12.0 Å². The number of nitrogens with one attached hydrogen (secondary N) is 1. The summed E-state index contributed by atoms with van der Waals surface area (Å²) < 4.78 is 10.8. The summed E-state index contributed by atoms with van der Waals surface area (Å²) in [5.41, 5.74) is 1.30. The van der Waals surface area contributed by atoms with Gasteiger partial charge < -0.3 is 14.8 Å². The van der Waals surface area contributed by atoms with Gasteiger partial charge in [-0.05, 0) is 31.5 Å². The van der Waals surface area contributed by atoms with E-state index in [1.807, 2.05) is 12.1 Å². The summed E-state index contributed by atoms with van der Waals surface area (Å²) >= 11 is 0. The fourth-order valence-corrected chi connectivity index (χ4v) is 2.97. The Labute approximate surface area is 109 Å². The molecule has 0 amide bonds. The number of rotatable bonds is 4. The van der Waals surface area contributed by atoms with Crippen LogP contribution in [0, 0.1) is 0 Å². The summed E-state index contributed by atoms with van der Waals surface area (Å²) in [6, 6.07) is 6.72. The van der Waals surface area contributed by atoms with E-state index in [-0.39, 0.29) is 0 Å². The normalized spacial score (nSPS) is 23.7. The van der Waals surface area contributed by atoms with E-state index >= 15 is 0 Å². The second kappa shape index (κ2) is 6.10. The maximum atomic E-state index is 5.53. The molecule has 0 heterocycles. The molecule has 1 aromatic rings. The fraction of sp³-hybridized carbons (Fsp3) is 0.600. The van der Waals surface area contributed by atoms with E-state index in [0.717, 1.165) is 11.5 Å². The molecule has 0 bridgehead atoms. The van der Waals surface area contributed by atoms with Crippen molar-refractivity contribution in [1.29, 1.82) is 0 Å². The maximum Gasteiger partial charge on any atom is 0.126 e. The van der Waals surface area contributed by atoms with Crippen LogP contribution in [0.4, 0.5) is 0 Å². The molecule has 3 nitrogen and oxygen atoms in total. The van der Waals surface area contributed by atoms with Crippen molar-refractivity contribution in [3.05, 3.63) is 23.8 Å². The van der Waals surface area contributed by atoms with E-state index in [4.69, 9.17) is 9.47 Å². The number of ether oxygens (including phenoxy) is 2. The Balaban J connectivity index is 2.30. The Kier molecular flexibility index (Phi) is 4.48. The van der Waals surface area contributed by atoms with Gasteiger partial charge in [0.2, 0.25) is 0 Å². The summed E-state index contributed by atoms with van der Waals surface area (Å²) in [6.07, 6.45) is 5.10. The molecular formula is C15H23NO2. The predicted octanol–water partition coefficient (Wildman–Crippen LogP) is 2.95. The summed E-state index contributed by atoms with van der Waals surface area (Å²) in [6.45, 7) is 0. The third kappa shape index (κ3) is 2.61. The number of hydrogen-bond acceptors (Lipinski definition) is 3. The van der Waals surface area contributed by atoms with Crippen LogP contribution in [0.25, 0.3) is 0 Å². The Bertz CT molecular complexity index is 392. The largest absolute Gasteiger partial charge is 0.497 e. The van der Waals surface area contributed by atoms with Crippen molar-refractivity contribution >= 4 is 0 Å². The SMILES string of the molecule is CNC1CCCCC1c1ccc(OC)cc1OC. The van der Waals surface area contributed by atoms with Crippen molar-refractivity contribution in [2.24, 2.45) is 0 Å². The van der Waals surface area contributed by atoms with Crippen LogP contribution >= 0.6 is 0 Å². The van der Waals surface area contributed by atoms with E-state index in [9.17, 15) is 0 Å². The van der Waals surface area contributed by atoms with Gasteiger partial charge in [-0.1, -0.05) is 18.9 Å². The third-order valence-corrected chi connectivity index (χ3v) is 3.98. The van der Waals surface area contributed by atoms with Crippen molar-refractivity contribution in [2.75, 3.05) is 21.3 Å². The highest BCUT2D eigenvalue weighted by atomic mass is 16.5. The van der Waals surface area contributed by atoms with Crippen LogP contribution in [0.2, 0.25) is 0 Å². The third-order valence-electron chi connectivity index (χ3n) is 3.98. The van der Waals surface area contributed by atoms with E-state index in [1.165, 1.54) is 31.2 Å². The van der Waals surface area contributed by atoms with Gasteiger partial charge in [-0.3, -0.25) is 0 Å². The molecule has 0 spiro atoms. The van der Waals surface area contributed by atoms with Crippen molar-refractivity contribution in [1.82, 2.24) is 5.32 Å². The average Bonchev–Trinajstić information content (AvgIpc) is 2.46. The molecule has 2 rings (SSSR count). The molecule has 1 fully saturated rings. The number of likely N-dealkylation sites (N-methyl/N-ethyl adjacent to an activating group) is 1. The topological polar surface area (TPSA) is 30.5 Å². The van der Waals surface area contributed by atoms with Crippen molar-refractivity contribution in [2.45, 2.75) is 37.6 Å². The standard InChI is InChI=1S/C15H23NO2/c1-16-14-7-5-4-6-12(14)13-9-8-11(17-2)10-15(13)18-3/h8-10,12,14,16H,4-7H2,1-3H3. The Morgan fingerprint density at radius 2 is 1.89 bits per heavy atom. The molecule has 100 valence electrons. The van der Waals surface area contributed by atoms with Gasteiger partial charge in [0.1, 0.15) is 11.5 Å². The smallest absolute Gasteiger partial charge is 0.126 e. The molecule has 3 heteroatoms. The molecule has 1 N–H and O–H groups in total. The first-order chi connectivity index (χ1) is 8.80. The van der Waals surface area contributed by atoms with Crippen molar-refractivity contribution in [3.8, 4) is 11.5 Å². The molecule has 0 aromatic heterocycles. The van der Waals surface area contributed by atoms with Crippen LogP contribution in [0.1, 0.15) is 37.2 Å². The number of benzene rings is 1. The number of methoxy groups -OCH3 is 2. The second-order valence-electron chi connectivity index (χ2n) is 4.89. The summed E-state index contributed by atoms with van der Waals surface area (Å²) in [5, 5.41) is 3.45. The quantitative estimate of drug-likeness (QED) is 0.890. The van der Waals surface area contributed by atoms with Gasteiger partial charge >= 0.3 is 0 Å². The first-order valence-electron chi connectivity index (χ1n) is 6.69. The van der Waals surface area contributed by atoms with Crippen molar-refractivity contribution in [3.63, 3.8) is 0 Å². The molecule has 0 radical (unpaired) electrons. The van der Waals surface area contributed by atoms with Gasteiger partial charge in [-0.2, -0.15) is 0 Å². The van der Waals surface area contributed by atoms with Gasteiger partial charge in [0.05, 0.1) is 14.2 Å². The van der Waals surface area contributed by atoms with Crippen LogP contribution < -0.4 is 14.8 Å². The lowest BCUT2D eigenvalue weighted by molar-refractivity contribution is 0.329. The summed E-state index contributed by atoms with van der Waals surface area (Å²) in [4.78, 5) is 0. The van der Waals surface area contributed by atoms with Gasteiger partial charge in [-0.25, -0.2) is 0 Å². The average molecular weight is 249 g/mol. The minimum absolute atomic E-state index is 0.546. The predicted molar refractivity (Wildman–Crippen MR) is 73.6 cm³/mol. The zero-order valence-corrected chi connectivity index (χ0v) is 11.5. The minimum atomic E-state index is 0.546. The monoisotopic (exact) mass is 249 g/mol. The van der Waals surface area contributed by atoms with E-state index in [2.05, 4.69) is 18.4 Å². The molecule has 18 heavy (non-hydrogen) atoms. The highest BCUT2D eigenvalue weighted by Gasteiger charge is 2.27. The van der Waals surface area contributed by atoms with Gasteiger partial charge in [0, 0.05) is 18.0 Å². The molecule has 1 aromatic carbocycles. The second-order valence-corrected chi connectivity index (χ2v) is 4.89. The lowest BCUT2D eigenvalue weighted by Gasteiger charge is -2.32. The molecule has 1 saturated carbocycles. The molecule has 1 aliphatic carbocycles. The van der Waals surface area contributed by atoms with Crippen LogP contribution in [0.5, 0.6) is 11.5 Å². The van der Waals surface area contributed by atoms with Crippen LogP contribution in [0.15, 0.2) is 18.2 Å². The molecule has 0 saturated heterocycles. The van der Waals surface area contributed by atoms with E-state index in [1.54, 1.807) is 14.2 Å². The highest BCUT2D eigenvalue weighted by Crippen LogP contribution is 2.39. The van der Waals surface area contributed by atoms with Crippen molar-refractivity contribution < 1.29 is 9.47 Å². The minimum Gasteiger partial charge on any atom is -0.497 e. The van der Waals surface area contributed by atoms with Gasteiger partial charge in [0.25, 0.3) is 0 Å². The zero-order chi connectivity index (χ0) is 13.0. The lowest BCUT2D eigenvalue weighted by Crippen LogP contribution is -2.34. The highest BCUT2D eigenvalue weighted by molar-refractivity contribution is 5.43. The molecule has 2 atom stereocenters. The van der Waals surface area contributed by atoms with E-state index < -0.39 is 0 Å². The molecule has 1 aliphatic rings. The zero-order valence-electron chi connectivity index (χ0n) is 11.5. The van der Waals surface area contributed by atoms with Gasteiger partial charge in [-0.15, -0.1) is 0 Å². The molecule has 2 unspecified atom stereocenters. The Hall–Kier alpha value is -1.22. The number of hydrogen-bond donors (Lipinski definition) is 1.